The normalized spacial score (nSPS) is 13.6. The summed E-state index contributed by atoms with van der Waals surface area (Å²) < 4.78 is 43.9. The Morgan fingerprint density at radius 2 is 1.87 bits per heavy atom. The molecule has 1 amide bonds. The number of carbonyl (C=O) groups is 1. The summed E-state index contributed by atoms with van der Waals surface area (Å²) in [5.74, 6) is -0.829. The lowest BCUT2D eigenvalue weighted by Gasteiger charge is -2.13. The lowest BCUT2D eigenvalue weighted by atomic mass is 9.77. The zero-order valence-electron chi connectivity index (χ0n) is 21.5. The summed E-state index contributed by atoms with van der Waals surface area (Å²) in [4.78, 5) is 12.9. The van der Waals surface area contributed by atoms with E-state index in [1.807, 2.05) is 6.07 Å². The molecule has 2 aromatic carbocycles. The van der Waals surface area contributed by atoms with Crippen LogP contribution in [0.4, 0.5) is 4.39 Å². The predicted molar refractivity (Wildman–Crippen MR) is 146 cm³/mol. The van der Waals surface area contributed by atoms with Crippen molar-refractivity contribution in [3.8, 4) is 11.3 Å². The van der Waals surface area contributed by atoms with Crippen molar-refractivity contribution in [3.63, 3.8) is 0 Å². The van der Waals surface area contributed by atoms with Crippen molar-refractivity contribution in [3.05, 3.63) is 88.4 Å². The molecule has 0 aliphatic heterocycles. The highest BCUT2D eigenvalue weighted by molar-refractivity contribution is 7.88. The van der Waals surface area contributed by atoms with Crippen LogP contribution in [0.15, 0.2) is 54.7 Å². The van der Waals surface area contributed by atoms with Crippen LogP contribution in [0.2, 0.25) is 0 Å². The zero-order chi connectivity index (χ0) is 27.9. The number of aryl methyl sites for hydroxylation is 1. The number of carbonyl (C=O) groups excluding carboxylic acids is 1. The molecule has 2 aromatic heterocycles. The van der Waals surface area contributed by atoms with E-state index in [0.29, 0.717) is 44.5 Å². The van der Waals surface area contributed by atoms with Crippen molar-refractivity contribution >= 4 is 34.0 Å². The van der Waals surface area contributed by atoms with Gasteiger partial charge in [-0.15, -0.1) is 0 Å². The van der Waals surface area contributed by atoms with Gasteiger partial charge in [-0.25, -0.2) is 22.0 Å². The number of aromatic nitrogens is 2. The van der Waals surface area contributed by atoms with E-state index < -0.39 is 23.0 Å². The SMILES string of the molecule is CNC(=O)c1c(-c2ccc(F)cc2)nn2cc(CS(=O)(=O)NCc3ccc(B(O)O)c(C)c3)c(C3CC3)cc12. The third-order valence-electron chi connectivity index (χ3n) is 6.93. The summed E-state index contributed by atoms with van der Waals surface area (Å²) in [5.41, 5.74) is 4.97. The summed E-state index contributed by atoms with van der Waals surface area (Å²) in [6.07, 6.45) is 3.50. The Labute approximate surface area is 225 Å². The maximum Gasteiger partial charge on any atom is 0.488 e. The molecule has 202 valence electrons. The molecule has 9 nitrogen and oxygen atoms in total. The quantitative estimate of drug-likeness (QED) is 0.236. The van der Waals surface area contributed by atoms with E-state index in [1.54, 1.807) is 43.5 Å². The van der Waals surface area contributed by atoms with Gasteiger partial charge in [0.25, 0.3) is 5.91 Å². The van der Waals surface area contributed by atoms with Gasteiger partial charge in [-0.2, -0.15) is 5.10 Å². The molecular weight excluding hydrogens is 522 g/mol. The highest BCUT2D eigenvalue weighted by Crippen LogP contribution is 2.43. The van der Waals surface area contributed by atoms with Gasteiger partial charge in [0.15, 0.2) is 0 Å². The zero-order valence-corrected chi connectivity index (χ0v) is 22.3. The fourth-order valence-electron chi connectivity index (χ4n) is 4.79. The standard InChI is InChI=1S/C27H28BFN4O5S/c1-16-11-17(3-10-23(16)28(35)36)13-31-39(37,38)15-20-14-33-24(12-22(20)18-4-5-18)25(27(34)30-2)26(32-33)19-6-8-21(29)9-7-19/h3,6-12,14,18,31,35-36H,4-5,13,15H2,1-2H3,(H,30,34). The Bertz CT molecular complexity index is 1670. The summed E-state index contributed by atoms with van der Waals surface area (Å²) >= 11 is 0. The molecule has 0 atom stereocenters. The van der Waals surface area contributed by atoms with Gasteiger partial charge < -0.3 is 15.4 Å². The molecule has 4 N–H and O–H groups in total. The average Bonchev–Trinajstić information content (AvgIpc) is 3.67. The Kier molecular flexibility index (Phi) is 7.30. The number of hydrogen-bond donors (Lipinski definition) is 4. The summed E-state index contributed by atoms with van der Waals surface area (Å²) in [7, 11) is -3.83. The monoisotopic (exact) mass is 550 g/mol. The van der Waals surface area contributed by atoms with Crippen LogP contribution >= 0.6 is 0 Å². The molecular formula is C27H28BFN4O5S. The van der Waals surface area contributed by atoms with Gasteiger partial charge in [-0.1, -0.05) is 23.8 Å². The lowest BCUT2D eigenvalue weighted by molar-refractivity contribution is 0.0965. The van der Waals surface area contributed by atoms with Gasteiger partial charge in [-0.05, 0) is 78.2 Å². The second-order valence-corrected chi connectivity index (χ2v) is 11.6. The molecule has 1 aliphatic carbocycles. The van der Waals surface area contributed by atoms with E-state index in [-0.39, 0.29) is 24.1 Å². The maximum atomic E-state index is 13.5. The molecule has 5 rings (SSSR count). The van der Waals surface area contributed by atoms with Crippen LogP contribution in [0.25, 0.3) is 16.8 Å². The minimum Gasteiger partial charge on any atom is -0.423 e. The van der Waals surface area contributed by atoms with E-state index in [2.05, 4.69) is 15.1 Å². The number of benzene rings is 2. The van der Waals surface area contributed by atoms with Crippen molar-refractivity contribution in [1.29, 1.82) is 0 Å². The van der Waals surface area contributed by atoms with E-state index in [4.69, 9.17) is 0 Å². The molecule has 1 aliphatic rings. The van der Waals surface area contributed by atoms with E-state index in [0.717, 1.165) is 18.4 Å². The number of pyridine rings is 1. The fraction of sp³-hybridized carbons (Fsp3) is 0.259. The molecule has 0 saturated heterocycles. The number of nitrogens with one attached hydrogen (secondary N) is 2. The minimum atomic E-state index is -3.76. The molecule has 39 heavy (non-hydrogen) atoms. The smallest absolute Gasteiger partial charge is 0.423 e. The molecule has 1 fully saturated rings. The highest BCUT2D eigenvalue weighted by Gasteiger charge is 2.30. The molecule has 0 unspecified atom stereocenters. The first-order chi connectivity index (χ1) is 18.6. The van der Waals surface area contributed by atoms with Gasteiger partial charge in [0.05, 0.1) is 16.8 Å². The lowest BCUT2D eigenvalue weighted by Crippen LogP contribution is -2.32. The second-order valence-electron chi connectivity index (χ2n) is 9.81. The van der Waals surface area contributed by atoms with Gasteiger partial charge in [0.1, 0.15) is 11.5 Å². The Morgan fingerprint density at radius 3 is 2.49 bits per heavy atom. The second kappa shape index (κ2) is 10.5. The van der Waals surface area contributed by atoms with Crippen molar-refractivity contribution < 1.29 is 27.7 Å². The molecule has 2 heterocycles. The third-order valence-corrected chi connectivity index (χ3v) is 8.21. The number of fused-ring (bicyclic) bond motifs is 1. The molecule has 0 spiro atoms. The van der Waals surface area contributed by atoms with Crippen LogP contribution in [0.5, 0.6) is 0 Å². The van der Waals surface area contributed by atoms with Crippen molar-refractivity contribution in [2.24, 2.45) is 0 Å². The summed E-state index contributed by atoms with van der Waals surface area (Å²) in [6, 6.07) is 12.5. The van der Waals surface area contributed by atoms with E-state index in [1.165, 1.54) is 23.7 Å². The van der Waals surface area contributed by atoms with Gasteiger partial charge in [0, 0.05) is 25.4 Å². The number of sulfonamides is 1. The van der Waals surface area contributed by atoms with E-state index in [9.17, 15) is 27.7 Å². The van der Waals surface area contributed by atoms with E-state index >= 15 is 0 Å². The molecule has 0 radical (unpaired) electrons. The van der Waals surface area contributed by atoms with Crippen LogP contribution < -0.4 is 15.5 Å². The molecule has 4 aromatic rings. The first kappa shape index (κ1) is 27.0. The van der Waals surface area contributed by atoms with Gasteiger partial charge >= 0.3 is 7.12 Å². The number of halogens is 1. The van der Waals surface area contributed by atoms with Crippen LogP contribution in [-0.2, 0) is 22.3 Å². The van der Waals surface area contributed by atoms with Crippen LogP contribution in [0.3, 0.4) is 0 Å². The average molecular weight is 550 g/mol. The van der Waals surface area contributed by atoms with Gasteiger partial charge in [-0.3, -0.25) is 4.79 Å². The number of amides is 1. The summed E-state index contributed by atoms with van der Waals surface area (Å²) in [6.45, 7) is 1.77. The van der Waals surface area contributed by atoms with Crippen molar-refractivity contribution in [2.75, 3.05) is 7.05 Å². The third kappa shape index (κ3) is 5.74. The topological polar surface area (TPSA) is 133 Å². The number of rotatable bonds is 9. The molecule has 0 bridgehead atoms. The predicted octanol–water partition coefficient (Wildman–Crippen LogP) is 1.99. The largest absolute Gasteiger partial charge is 0.488 e. The Hall–Kier alpha value is -3.58. The molecule has 12 heteroatoms. The van der Waals surface area contributed by atoms with Crippen molar-refractivity contribution in [1.82, 2.24) is 19.7 Å². The Morgan fingerprint density at radius 1 is 1.15 bits per heavy atom. The minimum absolute atomic E-state index is 0.0449. The highest BCUT2D eigenvalue weighted by atomic mass is 32.2. The van der Waals surface area contributed by atoms with Crippen LogP contribution in [0, 0.1) is 12.7 Å². The van der Waals surface area contributed by atoms with Gasteiger partial charge in [0.2, 0.25) is 10.0 Å². The molecule has 1 saturated carbocycles. The van der Waals surface area contributed by atoms with Crippen molar-refractivity contribution in [2.45, 2.75) is 38.0 Å². The van der Waals surface area contributed by atoms with Crippen LogP contribution in [0.1, 0.15) is 51.4 Å². The Balaban J connectivity index is 1.48. The number of hydrogen-bond acceptors (Lipinski definition) is 6. The fourth-order valence-corrected chi connectivity index (χ4v) is 5.93. The first-order valence-corrected chi connectivity index (χ1v) is 14.2. The van der Waals surface area contributed by atoms with Crippen LogP contribution in [-0.4, -0.2) is 48.2 Å². The summed E-state index contributed by atoms with van der Waals surface area (Å²) in [5, 5.41) is 26.1. The number of nitrogens with zero attached hydrogens (tertiary/aromatic N) is 2. The first-order valence-electron chi connectivity index (χ1n) is 12.5. The maximum absolute atomic E-state index is 13.5.